The fraction of sp³-hybridized carbons (Fsp3) is 0.156. The average Bonchev–Trinajstić information content (AvgIpc) is 3.70. The van der Waals surface area contributed by atoms with E-state index in [1.807, 2.05) is 60.4 Å². The average molecular weight is 546 g/mol. The van der Waals surface area contributed by atoms with Crippen molar-refractivity contribution in [1.29, 1.82) is 0 Å². The molecule has 3 aliphatic rings. The molecule has 3 aromatic carbocycles. The van der Waals surface area contributed by atoms with Crippen LogP contribution in [0.25, 0.3) is 5.57 Å². The molecule has 1 aromatic heterocycles. The molecule has 4 atom stereocenters. The molecule has 41 heavy (non-hydrogen) atoms. The summed E-state index contributed by atoms with van der Waals surface area (Å²) in [6, 6.07) is 21.5. The summed E-state index contributed by atoms with van der Waals surface area (Å²) in [5, 5.41) is 14.3. The second kappa shape index (κ2) is 8.85. The van der Waals surface area contributed by atoms with Gasteiger partial charge in [0.1, 0.15) is 11.5 Å². The highest BCUT2D eigenvalue weighted by molar-refractivity contribution is 6.18. The van der Waals surface area contributed by atoms with Crippen LogP contribution in [-0.2, 0) is 10.2 Å². The molecule has 202 valence electrons. The highest BCUT2D eigenvalue weighted by Gasteiger charge is 2.70. The van der Waals surface area contributed by atoms with Crippen molar-refractivity contribution in [3.8, 4) is 0 Å². The van der Waals surface area contributed by atoms with Crippen molar-refractivity contribution in [2.45, 2.75) is 24.4 Å². The van der Waals surface area contributed by atoms with Crippen molar-refractivity contribution in [2.75, 3.05) is 10.2 Å². The number of amides is 1. The van der Waals surface area contributed by atoms with Crippen molar-refractivity contribution in [2.24, 2.45) is 5.92 Å². The van der Waals surface area contributed by atoms with Crippen LogP contribution in [-0.4, -0.2) is 34.5 Å². The summed E-state index contributed by atoms with van der Waals surface area (Å²) >= 11 is 0. The molecular formula is C32H23N3O6. The van der Waals surface area contributed by atoms with E-state index < -0.39 is 39.9 Å². The molecule has 7 rings (SSSR count). The zero-order valence-corrected chi connectivity index (χ0v) is 21.8. The van der Waals surface area contributed by atoms with Gasteiger partial charge < -0.3 is 14.6 Å². The Bertz CT molecular complexity index is 1790. The molecule has 1 saturated heterocycles. The lowest BCUT2D eigenvalue weighted by Gasteiger charge is -2.39. The van der Waals surface area contributed by atoms with Crippen LogP contribution in [0.2, 0.25) is 0 Å². The first kappa shape index (κ1) is 24.7. The van der Waals surface area contributed by atoms with E-state index in [0.717, 1.165) is 16.8 Å². The molecular weight excluding hydrogens is 522 g/mol. The number of ketones is 2. The SMILES string of the molecule is CC1=C[C@@H]2N(c3ccccc31)[C@H](C(=O)c1ccc([N+](=O)[O-])cc1)[C@H](C(=O)c1ccco1)[C@]21C(=O)Nc2ccccc21. The summed E-state index contributed by atoms with van der Waals surface area (Å²) in [6.07, 6.45) is 3.35. The molecule has 0 radical (unpaired) electrons. The number of carbonyl (C=O) groups is 3. The number of non-ortho nitro benzene ring substituents is 1. The van der Waals surface area contributed by atoms with E-state index in [1.54, 1.807) is 12.1 Å². The van der Waals surface area contributed by atoms with Crippen molar-refractivity contribution in [3.05, 3.63) is 130 Å². The van der Waals surface area contributed by atoms with Gasteiger partial charge >= 0.3 is 0 Å². The molecule has 0 aliphatic carbocycles. The standard InChI is InChI=1S/C32H23N3O6/c1-18-17-26-32(22-8-3-4-9-23(22)33-31(32)38)27(30(37)25-11-6-16-41-25)28(34(26)24-10-5-2-7-21(18)24)29(36)19-12-14-20(15-13-19)35(39)40/h2-17,26-28H,1H3,(H,33,38)/t26-,27+,28-,32+/m0/s1. The number of hydrogen-bond acceptors (Lipinski definition) is 7. The number of rotatable bonds is 5. The Balaban J connectivity index is 1.53. The summed E-state index contributed by atoms with van der Waals surface area (Å²) in [4.78, 5) is 56.0. The van der Waals surface area contributed by atoms with Gasteiger partial charge in [0.05, 0.1) is 23.1 Å². The summed E-state index contributed by atoms with van der Waals surface area (Å²) in [5.74, 6) is -2.41. The van der Waals surface area contributed by atoms with Crippen LogP contribution in [0.3, 0.4) is 0 Å². The fourth-order valence-electron chi connectivity index (χ4n) is 6.88. The topological polar surface area (TPSA) is 123 Å². The molecule has 1 N–H and O–H groups in total. The van der Waals surface area contributed by atoms with E-state index in [-0.39, 0.29) is 22.9 Å². The van der Waals surface area contributed by atoms with Crippen LogP contribution < -0.4 is 10.2 Å². The second-order valence-corrected chi connectivity index (χ2v) is 10.5. The molecule has 1 amide bonds. The van der Waals surface area contributed by atoms with Gasteiger partial charge in [-0.3, -0.25) is 24.5 Å². The molecule has 1 spiro atoms. The van der Waals surface area contributed by atoms with Crippen LogP contribution in [0.1, 0.15) is 39.0 Å². The summed E-state index contributed by atoms with van der Waals surface area (Å²) in [7, 11) is 0. The number of hydrogen-bond donors (Lipinski definition) is 1. The van der Waals surface area contributed by atoms with E-state index in [0.29, 0.717) is 11.3 Å². The lowest BCUT2D eigenvalue weighted by Crippen LogP contribution is -2.51. The summed E-state index contributed by atoms with van der Waals surface area (Å²) < 4.78 is 5.55. The van der Waals surface area contributed by atoms with Crippen LogP contribution in [0, 0.1) is 16.0 Å². The minimum atomic E-state index is -1.46. The third kappa shape index (κ3) is 3.32. The Kier molecular flexibility index (Phi) is 5.34. The predicted molar refractivity (Wildman–Crippen MR) is 151 cm³/mol. The maximum absolute atomic E-state index is 14.6. The van der Waals surface area contributed by atoms with E-state index >= 15 is 0 Å². The van der Waals surface area contributed by atoms with Crippen molar-refractivity contribution in [3.63, 3.8) is 0 Å². The first-order chi connectivity index (χ1) is 19.8. The Morgan fingerprint density at radius 2 is 1.68 bits per heavy atom. The van der Waals surface area contributed by atoms with Crippen LogP contribution in [0.15, 0.2) is 102 Å². The van der Waals surface area contributed by atoms with Gasteiger partial charge in [-0.2, -0.15) is 0 Å². The number of furan rings is 1. The number of nitrogens with one attached hydrogen (secondary N) is 1. The molecule has 4 heterocycles. The highest BCUT2D eigenvalue weighted by atomic mass is 16.6. The smallest absolute Gasteiger partial charge is 0.269 e. The lowest BCUT2D eigenvalue weighted by atomic mass is 9.64. The molecule has 0 bridgehead atoms. The maximum atomic E-state index is 14.6. The molecule has 3 aliphatic heterocycles. The van der Waals surface area contributed by atoms with Crippen molar-refractivity contribution in [1.82, 2.24) is 0 Å². The van der Waals surface area contributed by atoms with E-state index in [1.165, 1.54) is 36.6 Å². The third-order valence-electron chi connectivity index (χ3n) is 8.56. The molecule has 9 nitrogen and oxygen atoms in total. The normalized spacial score (nSPS) is 23.8. The summed E-state index contributed by atoms with van der Waals surface area (Å²) in [5.41, 5.74) is 2.33. The maximum Gasteiger partial charge on any atom is 0.269 e. The number of nitro benzene ring substituents is 1. The quantitative estimate of drug-likeness (QED) is 0.201. The highest BCUT2D eigenvalue weighted by Crippen LogP contribution is 2.58. The zero-order chi connectivity index (χ0) is 28.5. The second-order valence-electron chi connectivity index (χ2n) is 10.5. The number of anilines is 2. The minimum absolute atomic E-state index is 0.0434. The van der Waals surface area contributed by atoms with E-state index in [2.05, 4.69) is 5.32 Å². The number of benzene rings is 3. The van der Waals surface area contributed by atoms with Gasteiger partial charge in [-0.1, -0.05) is 42.5 Å². The van der Waals surface area contributed by atoms with Gasteiger partial charge in [0.2, 0.25) is 11.7 Å². The first-order valence-electron chi connectivity index (χ1n) is 13.2. The van der Waals surface area contributed by atoms with Gasteiger partial charge in [-0.25, -0.2) is 0 Å². The van der Waals surface area contributed by atoms with Crippen molar-refractivity contribution < 1.29 is 23.7 Å². The lowest BCUT2D eigenvalue weighted by molar-refractivity contribution is -0.384. The fourth-order valence-corrected chi connectivity index (χ4v) is 6.88. The monoisotopic (exact) mass is 545 g/mol. The summed E-state index contributed by atoms with van der Waals surface area (Å²) in [6.45, 7) is 1.96. The number of nitrogens with zero attached hydrogens (tertiary/aromatic N) is 2. The Labute approximate surface area is 234 Å². The first-order valence-corrected chi connectivity index (χ1v) is 13.2. The number of Topliss-reactive ketones (excluding diaryl/α,β-unsaturated/α-hetero) is 2. The van der Waals surface area contributed by atoms with Crippen LogP contribution in [0.4, 0.5) is 17.1 Å². The number of nitro groups is 1. The minimum Gasteiger partial charge on any atom is -0.461 e. The number of fused-ring (bicyclic) bond motifs is 6. The Hall–Kier alpha value is -5.31. The number of para-hydroxylation sites is 2. The molecule has 4 aromatic rings. The molecule has 9 heteroatoms. The molecule has 1 fully saturated rings. The Morgan fingerprint density at radius 1 is 0.951 bits per heavy atom. The van der Waals surface area contributed by atoms with E-state index in [4.69, 9.17) is 4.42 Å². The molecule has 0 unspecified atom stereocenters. The van der Waals surface area contributed by atoms with Crippen molar-refractivity contribution >= 4 is 40.1 Å². The number of carbonyl (C=O) groups excluding carboxylic acids is 3. The van der Waals surface area contributed by atoms with Gasteiger partial charge in [-0.15, -0.1) is 0 Å². The van der Waals surface area contributed by atoms with Gasteiger partial charge in [0, 0.05) is 34.6 Å². The van der Waals surface area contributed by atoms with Crippen LogP contribution in [0.5, 0.6) is 0 Å². The van der Waals surface area contributed by atoms with Gasteiger partial charge in [0.25, 0.3) is 5.69 Å². The zero-order valence-electron chi connectivity index (χ0n) is 21.8. The predicted octanol–water partition coefficient (Wildman–Crippen LogP) is 5.43. The number of allylic oxidation sites excluding steroid dienone is 1. The Morgan fingerprint density at radius 3 is 2.41 bits per heavy atom. The largest absolute Gasteiger partial charge is 0.461 e. The third-order valence-corrected chi connectivity index (χ3v) is 8.56. The van der Waals surface area contributed by atoms with Crippen LogP contribution >= 0.6 is 0 Å². The van der Waals surface area contributed by atoms with Gasteiger partial charge in [-0.05, 0) is 54.5 Å². The van der Waals surface area contributed by atoms with E-state index in [9.17, 15) is 24.5 Å². The molecule has 0 saturated carbocycles. The van der Waals surface area contributed by atoms with Gasteiger partial charge in [0.15, 0.2) is 11.5 Å².